The number of likely N-dealkylation sites (tertiary alicyclic amines) is 1. The highest BCUT2D eigenvalue weighted by Gasteiger charge is 2.43. The maximum atomic E-state index is 13.7. The fraction of sp³-hybridized carbons (Fsp3) is 0.385. The molecule has 2 aliphatic heterocycles. The van der Waals surface area contributed by atoms with E-state index in [2.05, 4.69) is 11.8 Å². The number of carbonyl (C=O) groups is 2. The van der Waals surface area contributed by atoms with Crippen LogP contribution in [-0.4, -0.2) is 36.4 Å². The molecular formula is C26H30N2O3. The third-order valence-corrected chi connectivity index (χ3v) is 5.92. The SMILES string of the molecule is CCCOc1cccc(N2C(=O)C(c3ccc(C)cc3)=C(N3CCCC(C)C3)C2=O)c1. The third kappa shape index (κ3) is 4.22. The molecule has 4 rings (SSSR count). The van der Waals surface area contributed by atoms with Crippen LogP contribution in [0.2, 0.25) is 0 Å². The van der Waals surface area contributed by atoms with Gasteiger partial charge in [-0.25, -0.2) is 4.90 Å². The molecule has 0 aromatic heterocycles. The van der Waals surface area contributed by atoms with Crippen LogP contribution in [0, 0.1) is 12.8 Å². The Balaban J connectivity index is 1.76. The molecule has 0 bridgehead atoms. The van der Waals surface area contributed by atoms with Crippen molar-refractivity contribution in [2.45, 2.75) is 40.0 Å². The van der Waals surface area contributed by atoms with Crippen LogP contribution in [0.3, 0.4) is 0 Å². The molecule has 5 heteroatoms. The molecule has 2 aromatic rings. The number of hydrogen-bond donors (Lipinski definition) is 0. The summed E-state index contributed by atoms with van der Waals surface area (Å²) in [6.07, 6.45) is 3.06. The Kier molecular flexibility index (Phi) is 6.12. The second-order valence-electron chi connectivity index (χ2n) is 8.57. The Morgan fingerprint density at radius 1 is 1.06 bits per heavy atom. The van der Waals surface area contributed by atoms with E-state index in [4.69, 9.17) is 4.74 Å². The molecule has 1 atom stereocenters. The van der Waals surface area contributed by atoms with Crippen LogP contribution in [0.1, 0.15) is 44.2 Å². The molecule has 0 aliphatic carbocycles. The van der Waals surface area contributed by atoms with E-state index >= 15 is 0 Å². The smallest absolute Gasteiger partial charge is 0.282 e. The van der Waals surface area contributed by atoms with Gasteiger partial charge in [-0.05, 0) is 49.8 Å². The van der Waals surface area contributed by atoms with Gasteiger partial charge in [0.05, 0.1) is 17.9 Å². The van der Waals surface area contributed by atoms with Gasteiger partial charge in [0, 0.05) is 19.2 Å². The topological polar surface area (TPSA) is 49.9 Å². The number of amides is 2. The van der Waals surface area contributed by atoms with E-state index in [1.54, 1.807) is 12.1 Å². The first-order valence-electron chi connectivity index (χ1n) is 11.2. The molecule has 31 heavy (non-hydrogen) atoms. The molecule has 0 saturated carbocycles. The summed E-state index contributed by atoms with van der Waals surface area (Å²) in [5.74, 6) is 0.636. The number of piperidine rings is 1. The van der Waals surface area contributed by atoms with Crippen LogP contribution in [-0.2, 0) is 9.59 Å². The van der Waals surface area contributed by atoms with Gasteiger partial charge in [0.15, 0.2) is 0 Å². The molecule has 2 aliphatic rings. The van der Waals surface area contributed by atoms with Crippen LogP contribution in [0.15, 0.2) is 54.2 Å². The van der Waals surface area contributed by atoms with Gasteiger partial charge in [-0.3, -0.25) is 9.59 Å². The average molecular weight is 419 g/mol. The zero-order valence-corrected chi connectivity index (χ0v) is 18.6. The molecule has 0 radical (unpaired) electrons. The number of rotatable bonds is 6. The lowest BCUT2D eigenvalue weighted by molar-refractivity contribution is -0.120. The van der Waals surface area contributed by atoms with Crippen LogP contribution in [0.5, 0.6) is 5.75 Å². The molecule has 1 fully saturated rings. The Morgan fingerprint density at radius 2 is 1.84 bits per heavy atom. The van der Waals surface area contributed by atoms with E-state index in [1.807, 2.05) is 50.2 Å². The van der Waals surface area contributed by atoms with Crippen molar-refractivity contribution in [2.24, 2.45) is 5.92 Å². The van der Waals surface area contributed by atoms with Crippen molar-refractivity contribution in [3.05, 3.63) is 65.4 Å². The van der Waals surface area contributed by atoms with Gasteiger partial charge >= 0.3 is 0 Å². The Labute approximate surface area is 184 Å². The van der Waals surface area contributed by atoms with Crippen molar-refractivity contribution in [1.82, 2.24) is 4.90 Å². The molecule has 0 N–H and O–H groups in total. The van der Waals surface area contributed by atoms with Gasteiger partial charge < -0.3 is 9.64 Å². The minimum Gasteiger partial charge on any atom is -0.494 e. The molecule has 5 nitrogen and oxygen atoms in total. The van der Waals surface area contributed by atoms with E-state index in [0.717, 1.165) is 43.5 Å². The summed E-state index contributed by atoms with van der Waals surface area (Å²) in [4.78, 5) is 30.7. The molecule has 1 unspecified atom stereocenters. The zero-order chi connectivity index (χ0) is 22.0. The monoisotopic (exact) mass is 418 g/mol. The number of ether oxygens (including phenoxy) is 1. The molecule has 0 spiro atoms. The minimum atomic E-state index is -0.269. The van der Waals surface area contributed by atoms with Crippen LogP contribution < -0.4 is 9.64 Å². The van der Waals surface area contributed by atoms with Crippen LogP contribution >= 0.6 is 0 Å². The van der Waals surface area contributed by atoms with E-state index in [9.17, 15) is 9.59 Å². The summed E-state index contributed by atoms with van der Waals surface area (Å²) in [6, 6.07) is 15.1. The van der Waals surface area contributed by atoms with E-state index in [0.29, 0.717) is 35.2 Å². The van der Waals surface area contributed by atoms with E-state index in [-0.39, 0.29) is 11.8 Å². The first-order chi connectivity index (χ1) is 15.0. The van der Waals surface area contributed by atoms with Gasteiger partial charge in [-0.1, -0.05) is 49.7 Å². The maximum absolute atomic E-state index is 13.7. The van der Waals surface area contributed by atoms with E-state index < -0.39 is 0 Å². The molecular weight excluding hydrogens is 388 g/mol. The lowest BCUT2D eigenvalue weighted by Gasteiger charge is -2.33. The van der Waals surface area contributed by atoms with Crippen molar-refractivity contribution in [2.75, 3.05) is 24.6 Å². The Morgan fingerprint density at radius 3 is 2.55 bits per heavy atom. The number of anilines is 1. The number of hydrogen-bond acceptors (Lipinski definition) is 4. The lowest BCUT2D eigenvalue weighted by atomic mass is 9.97. The maximum Gasteiger partial charge on any atom is 0.282 e. The zero-order valence-electron chi connectivity index (χ0n) is 18.6. The second kappa shape index (κ2) is 8.96. The van der Waals surface area contributed by atoms with Crippen molar-refractivity contribution >= 4 is 23.1 Å². The Bertz CT molecular complexity index is 1010. The molecule has 2 aromatic carbocycles. The normalized spacial score (nSPS) is 19.4. The van der Waals surface area contributed by atoms with Gasteiger partial charge in [0.2, 0.25) is 0 Å². The predicted molar refractivity (Wildman–Crippen MR) is 123 cm³/mol. The fourth-order valence-electron chi connectivity index (χ4n) is 4.35. The van der Waals surface area contributed by atoms with Gasteiger partial charge in [-0.15, -0.1) is 0 Å². The highest BCUT2D eigenvalue weighted by molar-refractivity contribution is 6.45. The van der Waals surface area contributed by atoms with E-state index in [1.165, 1.54) is 4.90 Å². The number of imide groups is 1. The molecule has 162 valence electrons. The second-order valence-corrected chi connectivity index (χ2v) is 8.57. The summed E-state index contributed by atoms with van der Waals surface area (Å²) in [6.45, 7) is 8.43. The molecule has 2 heterocycles. The summed E-state index contributed by atoms with van der Waals surface area (Å²) >= 11 is 0. The predicted octanol–water partition coefficient (Wildman–Crippen LogP) is 4.80. The average Bonchev–Trinajstić information content (AvgIpc) is 3.03. The summed E-state index contributed by atoms with van der Waals surface area (Å²) in [7, 11) is 0. The van der Waals surface area contributed by atoms with Gasteiger partial charge in [0.25, 0.3) is 11.8 Å². The summed E-state index contributed by atoms with van der Waals surface area (Å²) in [5.41, 5.74) is 3.48. The number of benzene rings is 2. The summed E-state index contributed by atoms with van der Waals surface area (Å²) in [5, 5.41) is 0. The largest absolute Gasteiger partial charge is 0.494 e. The first-order valence-corrected chi connectivity index (χ1v) is 11.2. The van der Waals surface area contributed by atoms with Crippen molar-refractivity contribution < 1.29 is 14.3 Å². The van der Waals surface area contributed by atoms with Crippen LogP contribution in [0.25, 0.3) is 5.57 Å². The quantitative estimate of drug-likeness (QED) is 0.633. The highest BCUT2D eigenvalue weighted by Crippen LogP contribution is 2.37. The highest BCUT2D eigenvalue weighted by atomic mass is 16.5. The van der Waals surface area contributed by atoms with Crippen molar-refractivity contribution in [3.63, 3.8) is 0 Å². The van der Waals surface area contributed by atoms with Crippen LogP contribution in [0.4, 0.5) is 5.69 Å². The fourth-order valence-corrected chi connectivity index (χ4v) is 4.35. The first kappa shape index (κ1) is 21.2. The number of carbonyl (C=O) groups excluding carboxylic acids is 2. The third-order valence-electron chi connectivity index (χ3n) is 5.92. The Hall–Kier alpha value is -3.08. The lowest BCUT2D eigenvalue weighted by Crippen LogP contribution is -2.39. The van der Waals surface area contributed by atoms with Gasteiger partial charge in [-0.2, -0.15) is 0 Å². The van der Waals surface area contributed by atoms with Gasteiger partial charge in [0.1, 0.15) is 11.4 Å². The number of nitrogens with zero attached hydrogens (tertiary/aromatic N) is 2. The molecule has 1 saturated heterocycles. The number of aryl methyl sites for hydroxylation is 1. The minimum absolute atomic E-state index is 0.248. The van der Waals surface area contributed by atoms with Crippen molar-refractivity contribution in [3.8, 4) is 5.75 Å². The van der Waals surface area contributed by atoms with Crippen molar-refractivity contribution in [1.29, 1.82) is 0 Å². The standard InChI is InChI=1S/C26H30N2O3/c1-4-15-31-22-9-5-8-21(16-22)28-25(29)23(20-12-10-18(2)11-13-20)24(26(28)30)27-14-6-7-19(3)17-27/h5,8-13,16,19H,4,6-7,14-15,17H2,1-3H3. The molecule has 2 amide bonds. The summed E-state index contributed by atoms with van der Waals surface area (Å²) < 4.78 is 5.73.